The molecule has 1 aliphatic rings. The van der Waals surface area contributed by atoms with E-state index < -0.39 is 10.0 Å². The maximum Gasteiger partial charge on any atom is 0.253 e. The van der Waals surface area contributed by atoms with E-state index in [9.17, 15) is 13.2 Å². The number of carbonyl (C=O) groups is 1. The first-order valence-corrected chi connectivity index (χ1v) is 9.98. The molecule has 1 heterocycles. The topological polar surface area (TPSA) is 57.7 Å². The Kier molecular flexibility index (Phi) is 5.08. The molecule has 6 heteroatoms. The highest BCUT2D eigenvalue weighted by atomic mass is 32.2. The van der Waals surface area contributed by atoms with Crippen molar-refractivity contribution in [2.45, 2.75) is 19.4 Å². The summed E-state index contributed by atoms with van der Waals surface area (Å²) in [5, 5.41) is 0. The summed E-state index contributed by atoms with van der Waals surface area (Å²) >= 11 is 0. The van der Waals surface area contributed by atoms with Crippen molar-refractivity contribution in [1.82, 2.24) is 4.90 Å². The fourth-order valence-electron chi connectivity index (χ4n) is 3.00. The minimum atomic E-state index is -3.23. The van der Waals surface area contributed by atoms with Gasteiger partial charge in [0.25, 0.3) is 5.91 Å². The highest BCUT2D eigenvalue weighted by Crippen LogP contribution is 2.24. The third-order valence-corrected chi connectivity index (χ3v) is 6.23. The number of carbonyl (C=O) groups excluding carboxylic acids is 1. The Morgan fingerprint density at radius 1 is 1.04 bits per heavy atom. The minimum Gasteiger partial charge on any atom is -0.337 e. The van der Waals surface area contributed by atoms with Gasteiger partial charge < -0.3 is 4.90 Å². The summed E-state index contributed by atoms with van der Waals surface area (Å²) in [7, 11) is -1.47. The molecule has 0 spiro atoms. The first-order chi connectivity index (χ1) is 12.0. The summed E-state index contributed by atoms with van der Waals surface area (Å²) in [5.74, 6) is 0.102. The monoisotopic (exact) mass is 358 g/mol. The molecule has 1 aliphatic heterocycles. The molecular weight excluding hydrogens is 336 g/mol. The standard InChI is InChI=1S/C19H22N2O3S/c1-20(15-16-7-3-2-4-8-16)19(22)17-9-11-18(12-10-17)21-13-5-6-14-25(21,23)24/h2-4,7-12H,5-6,13-15H2,1H3. The van der Waals surface area contributed by atoms with E-state index in [-0.39, 0.29) is 11.7 Å². The normalized spacial score (nSPS) is 16.4. The van der Waals surface area contributed by atoms with Crippen molar-refractivity contribution in [3.05, 3.63) is 65.7 Å². The molecule has 0 saturated carbocycles. The summed E-state index contributed by atoms with van der Waals surface area (Å²) in [6, 6.07) is 16.6. The molecule has 2 aromatic rings. The average molecular weight is 358 g/mol. The van der Waals surface area contributed by atoms with Gasteiger partial charge in [0.05, 0.1) is 11.4 Å². The maximum atomic E-state index is 12.6. The van der Waals surface area contributed by atoms with E-state index in [1.54, 1.807) is 36.2 Å². The van der Waals surface area contributed by atoms with E-state index in [0.29, 0.717) is 30.8 Å². The van der Waals surface area contributed by atoms with E-state index in [0.717, 1.165) is 12.0 Å². The summed E-state index contributed by atoms with van der Waals surface area (Å²) in [6.45, 7) is 1.03. The molecule has 0 aromatic heterocycles. The molecule has 0 N–H and O–H groups in total. The average Bonchev–Trinajstić information content (AvgIpc) is 2.62. The van der Waals surface area contributed by atoms with Crippen LogP contribution in [0, 0.1) is 0 Å². The third-order valence-electron chi connectivity index (χ3n) is 4.36. The molecule has 2 aromatic carbocycles. The Labute approximate surface area is 148 Å². The fourth-order valence-corrected chi connectivity index (χ4v) is 4.64. The van der Waals surface area contributed by atoms with Crippen LogP contribution in [0.1, 0.15) is 28.8 Å². The first-order valence-electron chi connectivity index (χ1n) is 8.37. The number of benzene rings is 2. The first kappa shape index (κ1) is 17.5. The van der Waals surface area contributed by atoms with Crippen LogP contribution in [0.5, 0.6) is 0 Å². The number of amides is 1. The third kappa shape index (κ3) is 4.02. The van der Waals surface area contributed by atoms with Gasteiger partial charge in [-0.25, -0.2) is 8.42 Å². The van der Waals surface area contributed by atoms with Gasteiger partial charge in [0, 0.05) is 25.7 Å². The van der Waals surface area contributed by atoms with Crippen molar-refractivity contribution in [3.8, 4) is 0 Å². The zero-order chi connectivity index (χ0) is 17.9. The number of hydrogen-bond donors (Lipinski definition) is 0. The molecular formula is C19H22N2O3S. The van der Waals surface area contributed by atoms with E-state index in [1.807, 2.05) is 30.3 Å². The number of nitrogens with zero attached hydrogens (tertiary/aromatic N) is 2. The van der Waals surface area contributed by atoms with Crippen LogP contribution in [0.2, 0.25) is 0 Å². The molecule has 1 amide bonds. The van der Waals surface area contributed by atoms with Gasteiger partial charge in [-0.2, -0.15) is 0 Å². The van der Waals surface area contributed by atoms with Crippen LogP contribution in [0.15, 0.2) is 54.6 Å². The zero-order valence-electron chi connectivity index (χ0n) is 14.3. The van der Waals surface area contributed by atoms with E-state index in [2.05, 4.69) is 0 Å². The van der Waals surface area contributed by atoms with Gasteiger partial charge in [0.1, 0.15) is 0 Å². The maximum absolute atomic E-state index is 12.6. The number of sulfonamides is 1. The van der Waals surface area contributed by atoms with Crippen LogP contribution < -0.4 is 4.31 Å². The quantitative estimate of drug-likeness (QED) is 0.844. The lowest BCUT2D eigenvalue weighted by Crippen LogP contribution is -2.37. The van der Waals surface area contributed by atoms with E-state index >= 15 is 0 Å². The highest BCUT2D eigenvalue weighted by molar-refractivity contribution is 7.92. The van der Waals surface area contributed by atoms with E-state index in [4.69, 9.17) is 0 Å². The minimum absolute atomic E-state index is 0.0862. The zero-order valence-corrected chi connectivity index (χ0v) is 15.1. The van der Waals surface area contributed by atoms with Crippen LogP contribution in [0.4, 0.5) is 5.69 Å². The smallest absolute Gasteiger partial charge is 0.253 e. The van der Waals surface area contributed by atoms with Gasteiger partial charge in [-0.1, -0.05) is 30.3 Å². The molecule has 25 heavy (non-hydrogen) atoms. The SMILES string of the molecule is CN(Cc1ccccc1)C(=O)c1ccc(N2CCCCS2(=O)=O)cc1. The summed E-state index contributed by atoms with van der Waals surface area (Å²) in [4.78, 5) is 14.2. The molecule has 3 rings (SSSR count). The lowest BCUT2D eigenvalue weighted by molar-refractivity contribution is 0.0785. The second-order valence-electron chi connectivity index (χ2n) is 6.29. The molecule has 0 atom stereocenters. The molecule has 132 valence electrons. The largest absolute Gasteiger partial charge is 0.337 e. The molecule has 1 saturated heterocycles. The van der Waals surface area contributed by atoms with Gasteiger partial charge in [-0.05, 0) is 42.7 Å². The fraction of sp³-hybridized carbons (Fsp3) is 0.316. The molecule has 0 aliphatic carbocycles. The van der Waals surface area contributed by atoms with Crippen molar-refractivity contribution >= 4 is 21.6 Å². The molecule has 5 nitrogen and oxygen atoms in total. The number of rotatable bonds is 4. The van der Waals surface area contributed by atoms with Gasteiger partial charge in [-0.3, -0.25) is 9.10 Å². The predicted molar refractivity (Wildman–Crippen MR) is 99.0 cm³/mol. The Bertz CT molecular complexity index is 833. The lowest BCUT2D eigenvalue weighted by Gasteiger charge is -2.28. The Morgan fingerprint density at radius 2 is 1.72 bits per heavy atom. The second-order valence-corrected chi connectivity index (χ2v) is 8.30. The molecule has 0 unspecified atom stereocenters. The lowest BCUT2D eigenvalue weighted by atomic mass is 10.1. The summed E-state index contributed by atoms with van der Waals surface area (Å²) < 4.78 is 25.8. The highest BCUT2D eigenvalue weighted by Gasteiger charge is 2.26. The van der Waals surface area contributed by atoms with Crippen molar-refractivity contribution in [3.63, 3.8) is 0 Å². The van der Waals surface area contributed by atoms with Crippen molar-refractivity contribution in [2.75, 3.05) is 23.7 Å². The van der Waals surface area contributed by atoms with Gasteiger partial charge >= 0.3 is 0 Å². The Hall–Kier alpha value is -2.34. The number of anilines is 1. The van der Waals surface area contributed by atoms with Crippen LogP contribution in [0.25, 0.3) is 0 Å². The summed E-state index contributed by atoms with van der Waals surface area (Å²) in [6.07, 6.45) is 1.57. The predicted octanol–water partition coefficient (Wildman–Crippen LogP) is 2.89. The molecule has 0 bridgehead atoms. The van der Waals surface area contributed by atoms with Gasteiger partial charge in [0.2, 0.25) is 10.0 Å². The second kappa shape index (κ2) is 7.27. The van der Waals surface area contributed by atoms with Crippen molar-refractivity contribution in [2.24, 2.45) is 0 Å². The molecule has 1 fully saturated rings. The molecule has 0 radical (unpaired) electrons. The Morgan fingerprint density at radius 3 is 2.36 bits per heavy atom. The summed E-state index contributed by atoms with van der Waals surface area (Å²) in [5.41, 5.74) is 2.24. The van der Waals surface area contributed by atoms with Gasteiger partial charge in [0.15, 0.2) is 0 Å². The van der Waals surface area contributed by atoms with Crippen molar-refractivity contribution < 1.29 is 13.2 Å². The number of hydrogen-bond acceptors (Lipinski definition) is 3. The van der Waals surface area contributed by atoms with E-state index in [1.165, 1.54) is 4.31 Å². The van der Waals surface area contributed by atoms with Crippen LogP contribution in [-0.2, 0) is 16.6 Å². The van der Waals surface area contributed by atoms with Crippen LogP contribution in [-0.4, -0.2) is 38.6 Å². The Balaban J connectivity index is 1.72. The van der Waals surface area contributed by atoms with Gasteiger partial charge in [-0.15, -0.1) is 0 Å². The van der Waals surface area contributed by atoms with Crippen LogP contribution >= 0.6 is 0 Å². The van der Waals surface area contributed by atoms with Crippen molar-refractivity contribution in [1.29, 1.82) is 0 Å². The van der Waals surface area contributed by atoms with Crippen LogP contribution in [0.3, 0.4) is 0 Å².